The molecule has 156 valence electrons. The number of carbonyl (C=O) groups excluding carboxylic acids is 2. The van der Waals surface area contributed by atoms with Gasteiger partial charge in [0.15, 0.2) is 0 Å². The summed E-state index contributed by atoms with van der Waals surface area (Å²) in [6.45, 7) is 0. The Morgan fingerprint density at radius 1 is 1.19 bits per heavy atom. The van der Waals surface area contributed by atoms with Gasteiger partial charge in [0.25, 0.3) is 0 Å². The maximum absolute atomic E-state index is 14.6. The van der Waals surface area contributed by atoms with Crippen molar-refractivity contribution in [2.45, 2.75) is 11.8 Å². The molecule has 5 rings (SSSR count). The zero-order valence-electron chi connectivity index (χ0n) is 16.0. The third-order valence-electron chi connectivity index (χ3n) is 5.77. The monoisotopic (exact) mass is 440 g/mol. The van der Waals surface area contributed by atoms with Crippen LogP contribution in [0.15, 0.2) is 42.5 Å². The molecule has 0 bridgehead atoms. The maximum Gasteiger partial charge on any atom is 0.346 e. The highest BCUT2D eigenvalue weighted by molar-refractivity contribution is 7.15. The van der Waals surface area contributed by atoms with Crippen molar-refractivity contribution in [3.05, 3.63) is 69.4 Å². The van der Waals surface area contributed by atoms with E-state index in [1.54, 1.807) is 6.07 Å². The summed E-state index contributed by atoms with van der Waals surface area (Å²) in [6, 6.07) is 9.48. The number of aromatic carboxylic acids is 1. The number of halogens is 2. The van der Waals surface area contributed by atoms with E-state index in [0.717, 1.165) is 11.3 Å². The minimum atomic E-state index is -1.51. The number of hydrogen-bond donors (Lipinski definition) is 2. The van der Waals surface area contributed by atoms with Gasteiger partial charge in [-0.25, -0.2) is 13.6 Å². The van der Waals surface area contributed by atoms with E-state index >= 15 is 0 Å². The minimum Gasteiger partial charge on any atom is -0.477 e. The first-order valence-corrected chi connectivity index (χ1v) is 10.1. The highest BCUT2D eigenvalue weighted by Gasteiger charge is 2.57. The molecular formula is C22H14F2N2O4S. The molecule has 0 radical (unpaired) electrons. The third-order valence-corrected chi connectivity index (χ3v) is 7.11. The molecule has 1 aromatic heterocycles. The fourth-order valence-electron chi connectivity index (χ4n) is 4.47. The summed E-state index contributed by atoms with van der Waals surface area (Å²) in [4.78, 5) is 39.7. The lowest BCUT2D eigenvalue weighted by Gasteiger charge is -2.32. The summed E-state index contributed by atoms with van der Waals surface area (Å²) in [7, 11) is 1.48. The standard InChI is InChI=1S/C22H14F2N2O4S/c1-26-14-8-10(23)6-7-12(14)22(21(26)30)9-15(27)25-17-16(11-4-2-3-5-13(11)24)18(20(28)29)31-19(17)22/h2-8H,9H2,1H3,(H,25,27)(H,28,29)/t22-/m0/s1. The van der Waals surface area contributed by atoms with E-state index in [0.29, 0.717) is 16.1 Å². The number of anilines is 2. The van der Waals surface area contributed by atoms with Gasteiger partial charge >= 0.3 is 5.97 Å². The average molecular weight is 440 g/mol. The van der Waals surface area contributed by atoms with Crippen molar-refractivity contribution in [1.82, 2.24) is 0 Å². The van der Waals surface area contributed by atoms with Gasteiger partial charge in [0, 0.05) is 18.2 Å². The van der Waals surface area contributed by atoms with Crippen LogP contribution in [0.1, 0.15) is 26.5 Å². The van der Waals surface area contributed by atoms with Crippen molar-refractivity contribution >= 4 is 40.5 Å². The molecule has 0 saturated carbocycles. The predicted molar refractivity (Wildman–Crippen MR) is 111 cm³/mol. The molecule has 2 aliphatic rings. The Bertz CT molecular complexity index is 1320. The minimum absolute atomic E-state index is 0.00730. The van der Waals surface area contributed by atoms with Crippen LogP contribution in [0.25, 0.3) is 11.1 Å². The quantitative estimate of drug-likeness (QED) is 0.631. The lowest BCUT2D eigenvalue weighted by atomic mass is 9.74. The molecule has 0 unspecified atom stereocenters. The largest absolute Gasteiger partial charge is 0.477 e. The predicted octanol–water partition coefficient (Wildman–Crippen LogP) is 4.00. The van der Waals surface area contributed by atoms with E-state index < -0.39 is 34.8 Å². The molecule has 2 N–H and O–H groups in total. The molecule has 9 heteroatoms. The number of thiophene rings is 1. The molecule has 0 aliphatic carbocycles. The third kappa shape index (κ3) is 2.50. The molecule has 2 aliphatic heterocycles. The van der Waals surface area contributed by atoms with Gasteiger partial charge in [-0.05, 0) is 23.8 Å². The molecule has 0 saturated heterocycles. The Morgan fingerprint density at radius 2 is 1.94 bits per heavy atom. The van der Waals surface area contributed by atoms with Crippen LogP contribution >= 0.6 is 11.3 Å². The van der Waals surface area contributed by atoms with Crippen LogP contribution in [0, 0.1) is 11.6 Å². The van der Waals surface area contributed by atoms with Crippen LogP contribution in [0.4, 0.5) is 20.2 Å². The number of benzene rings is 2. The van der Waals surface area contributed by atoms with Gasteiger partial charge < -0.3 is 15.3 Å². The first kappa shape index (κ1) is 19.4. The van der Waals surface area contributed by atoms with Crippen LogP contribution in [-0.4, -0.2) is 29.9 Å². The van der Waals surface area contributed by atoms with E-state index in [4.69, 9.17) is 0 Å². The summed E-state index contributed by atoms with van der Waals surface area (Å²) < 4.78 is 28.5. The molecule has 2 aromatic carbocycles. The Morgan fingerprint density at radius 3 is 2.65 bits per heavy atom. The van der Waals surface area contributed by atoms with Gasteiger partial charge in [0.1, 0.15) is 21.9 Å². The zero-order valence-corrected chi connectivity index (χ0v) is 16.8. The van der Waals surface area contributed by atoms with Crippen molar-refractivity contribution in [2.24, 2.45) is 0 Å². The number of carbonyl (C=O) groups is 3. The smallest absolute Gasteiger partial charge is 0.346 e. The Labute approximate surface area is 178 Å². The zero-order chi connectivity index (χ0) is 22.1. The van der Waals surface area contributed by atoms with Gasteiger partial charge in [-0.15, -0.1) is 11.3 Å². The van der Waals surface area contributed by atoms with E-state index in [1.807, 2.05) is 0 Å². The lowest BCUT2D eigenvalue weighted by molar-refractivity contribution is -0.126. The summed E-state index contributed by atoms with van der Waals surface area (Å²) >= 11 is 0.823. The van der Waals surface area contributed by atoms with Gasteiger partial charge in [-0.1, -0.05) is 24.3 Å². The van der Waals surface area contributed by atoms with Crippen molar-refractivity contribution in [1.29, 1.82) is 0 Å². The molecule has 31 heavy (non-hydrogen) atoms. The van der Waals surface area contributed by atoms with E-state index in [2.05, 4.69) is 5.32 Å². The Balaban J connectivity index is 1.88. The second kappa shape index (κ2) is 6.45. The second-order valence-electron chi connectivity index (χ2n) is 7.45. The lowest BCUT2D eigenvalue weighted by Crippen LogP contribution is -2.45. The Kier molecular flexibility index (Phi) is 4.03. The van der Waals surface area contributed by atoms with Crippen molar-refractivity contribution in [2.75, 3.05) is 17.3 Å². The number of nitrogens with zero attached hydrogens (tertiary/aromatic N) is 1. The molecule has 1 atom stereocenters. The van der Waals surface area contributed by atoms with E-state index in [9.17, 15) is 28.3 Å². The number of amides is 2. The van der Waals surface area contributed by atoms with Crippen LogP contribution in [0.5, 0.6) is 0 Å². The SMILES string of the molecule is CN1C(=O)[C@@]2(CC(=O)Nc3c2sc(C(=O)O)c3-c2ccccc2F)c2ccc(F)cc21. The van der Waals surface area contributed by atoms with Gasteiger partial charge in [0.05, 0.1) is 22.7 Å². The topological polar surface area (TPSA) is 86.7 Å². The molecule has 3 heterocycles. The van der Waals surface area contributed by atoms with Crippen molar-refractivity contribution < 1.29 is 28.3 Å². The number of carboxylic acid groups (broad SMARTS) is 1. The van der Waals surface area contributed by atoms with Crippen LogP contribution < -0.4 is 10.2 Å². The molecule has 1 spiro atoms. The fourth-order valence-corrected chi connectivity index (χ4v) is 5.78. The molecule has 2 amide bonds. The van der Waals surface area contributed by atoms with Crippen LogP contribution in [0.3, 0.4) is 0 Å². The van der Waals surface area contributed by atoms with Crippen LogP contribution in [-0.2, 0) is 15.0 Å². The summed E-state index contributed by atoms with van der Waals surface area (Å²) in [5.74, 6) is -3.49. The van der Waals surface area contributed by atoms with Crippen molar-refractivity contribution in [3.63, 3.8) is 0 Å². The maximum atomic E-state index is 14.6. The number of carboxylic acids is 1. The van der Waals surface area contributed by atoms with E-state index in [-0.39, 0.29) is 28.1 Å². The van der Waals surface area contributed by atoms with E-state index in [1.165, 1.54) is 48.3 Å². The Hall–Kier alpha value is -3.59. The van der Waals surface area contributed by atoms with Gasteiger partial charge in [0.2, 0.25) is 11.8 Å². The van der Waals surface area contributed by atoms with Gasteiger partial charge in [-0.3, -0.25) is 9.59 Å². The number of rotatable bonds is 2. The number of hydrogen-bond acceptors (Lipinski definition) is 4. The summed E-state index contributed by atoms with van der Waals surface area (Å²) in [6.07, 6.45) is -0.266. The summed E-state index contributed by atoms with van der Waals surface area (Å²) in [5, 5.41) is 12.5. The molecule has 6 nitrogen and oxygen atoms in total. The highest BCUT2D eigenvalue weighted by Crippen LogP contribution is 2.57. The first-order chi connectivity index (χ1) is 14.8. The molecule has 0 fully saturated rings. The second-order valence-corrected chi connectivity index (χ2v) is 8.47. The highest BCUT2D eigenvalue weighted by atomic mass is 32.1. The fraction of sp³-hybridized carbons (Fsp3) is 0.136. The molecular weight excluding hydrogens is 426 g/mol. The number of fused-ring (bicyclic) bond motifs is 4. The van der Waals surface area contributed by atoms with Crippen molar-refractivity contribution in [3.8, 4) is 11.1 Å². The number of likely N-dealkylation sites (N-methyl/N-ethyl adjacent to an activating group) is 1. The van der Waals surface area contributed by atoms with Crippen LogP contribution in [0.2, 0.25) is 0 Å². The normalized spacial score (nSPS) is 19.4. The first-order valence-electron chi connectivity index (χ1n) is 9.29. The van der Waals surface area contributed by atoms with Gasteiger partial charge in [-0.2, -0.15) is 0 Å². The number of nitrogens with one attached hydrogen (secondary N) is 1. The summed E-state index contributed by atoms with van der Waals surface area (Å²) in [5.41, 5.74) is -0.660. The average Bonchev–Trinajstić information content (AvgIpc) is 3.20. The molecule has 3 aromatic rings.